The zero-order valence-corrected chi connectivity index (χ0v) is 21.4. The van der Waals surface area contributed by atoms with Gasteiger partial charge in [0.2, 0.25) is 5.91 Å². The summed E-state index contributed by atoms with van der Waals surface area (Å²) in [6.07, 6.45) is 9.48. The number of halogens is 1. The van der Waals surface area contributed by atoms with E-state index in [1.807, 2.05) is 11.8 Å². The smallest absolute Gasteiger partial charge is 0.220 e. The average molecular weight is 488 g/mol. The molecular weight excluding hydrogens is 450 g/mol. The Balaban J connectivity index is 0.00000306. The lowest BCUT2D eigenvalue weighted by molar-refractivity contribution is -0.122. The molecule has 180 valence electrons. The molecule has 2 aromatic rings. The summed E-state index contributed by atoms with van der Waals surface area (Å²) >= 11 is 1.83. The summed E-state index contributed by atoms with van der Waals surface area (Å²) in [6.45, 7) is 5.61. The molecule has 1 fully saturated rings. The Morgan fingerprint density at radius 1 is 1.00 bits per heavy atom. The van der Waals surface area contributed by atoms with E-state index in [4.69, 9.17) is 0 Å². The monoisotopic (exact) mass is 487 g/mol. The zero-order valence-electron chi connectivity index (χ0n) is 19.8. The van der Waals surface area contributed by atoms with Crippen LogP contribution in [0.15, 0.2) is 53.4 Å². The first-order chi connectivity index (χ1) is 15.7. The maximum Gasteiger partial charge on any atom is 0.220 e. The summed E-state index contributed by atoms with van der Waals surface area (Å²) in [4.78, 5) is 19.0. The van der Waals surface area contributed by atoms with Crippen LogP contribution in [0.5, 0.6) is 0 Å². The lowest BCUT2D eigenvalue weighted by Gasteiger charge is -2.36. The van der Waals surface area contributed by atoms with Gasteiger partial charge in [0, 0.05) is 37.5 Å². The van der Waals surface area contributed by atoms with E-state index in [1.54, 1.807) is 0 Å². The van der Waals surface area contributed by atoms with E-state index in [0.717, 1.165) is 64.8 Å². The standard InChI is InChI=1S/C27H37N3OS.ClH/c1-32-26-15-7-6-14-25(26)30-20-18-29(19-21-30)17-8-2-3-16-27(31)28-24-13-9-11-22-10-4-5-12-23(22)24;/h4-7,10,12,14-15,24H,2-3,8-9,11,13,16-21H2,1H3,(H,28,31);1H/t24-;/m1./s1. The number of anilines is 1. The molecule has 2 aromatic carbocycles. The van der Waals surface area contributed by atoms with Gasteiger partial charge in [-0.25, -0.2) is 0 Å². The van der Waals surface area contributed by atoms with Gasteiger partial charge in [-0.1, -0.05) is 42.8 Å². The van der Waals surface area contributed by atoms with E-state index in [1.165, 1.54) is 28.1 Å². The number of aryl methyl sites for hydroxylation is 1. The van der Waals surface area contributed by atoms with Crippen LogP contribution in [0.1, 0.15) is 55.7 Å². The third-order valence-electron chi connectivity index (χ3n) is 6.88. The van der Waals surface area contributed by atoms with Crippen LogP contribution in [0.25, 0.3) is 0 Å². The Kier molecular flexibility index (Phi) is 10.4. The molecule has 1 amide bonds. The maximum absolute atomic E-state index is 12.5. The van der Waals surface area contributed by atoms with Crippen molar-refractivity contribution in [1.29, 1.82) is 0 Å². The fourth-order valence-corrected chi connectivity index (χ4v) is 5.69. The molecule has 4 rings (SSSR count). The molecule has 0 aromatic heterocycles. The summed E-state index contributed by atoms with van der Waals surface area (Å²) in [5, 5.41) is 3.29. The summed E-state index contributed by atoms with van der Waals surface area (Å²) in [5.74, 6) is 0.216. The van der Waals surface area contributed by atoms with Crippen LogP contribution in [0.3, 0.4) is 0 Å². The van der Waals surface area contributed by atoms with Crippen molar-refractivity contribution in [2.24, 2.45) is 0 Å². The predicted molar refractivity (Wildman–Crippen MR) is 143 cm³/mol. The molecule has 33 heavy (non-hydrogen) atoms. The normalized spacial score (nSPS) is 18.3. The minimum absolute atomic E-state index is 0. The first-order valence-electron chi connectivity index (χ1n) is 12.2. The number of benzene rings is 2. The fraction of sp³-hybridized carbons (Fsp3) is 0.519. The van der Waals surface area contributed by atoms with Gasteiger partial charge in [0.15, 0.2) is 0 Å². The largest absolute Gasteiger partial charge is 0.368 e. The van der Waals surface area contributed by atoms with Crippen LogP contribution in [0.2, 0.25) is 0 Å². The molecule has 0 spiro atoms. The highest BCUT2D eigenvalue weighted by Crippen LogP contribution is 2.30. The molecule has 1 N–H and O–H groups in total. The Bertz CT molecular complexity index is 885. The average Bonchev–Trinajstić information content (AvgIpc) is 2.84. The van der Waals surface area contributed by atoms with Crippen molar-refractivity contribution >= 4 is 35.8 Å². The van der Waals surface area contributed by atoms with Gasteiger partial charge in [-0.05, 0) is 68.2 Å². The number of hydrogen-bond donors (Lipinski definition) is 1. The van der Waals surface area contributed by atoms with Gasteiger partial charge in [-0.3, -0.25) is 9.69 Å². The number of rotatable bonds is 9. The van der Waals surface area contributed by atoms with E-state index < -0.39 is 0 Å². The Hall–Kier alpha value is -1.69. The minimum Gasteiger partial charge on any atom is -0.368 e. The molecule has 1 saturated heterocycles. The van der Waals surface area contributed by atoms with Crippen molar-refractivity contribution in [2.45, 2.75) is 55.9 Å². The molecule has 1 aliphatic heterocycles. The highest BCUT2D eigenvalue weighted by Gasteiger charge is 2.21. The number of thioether (sulfide) groups is 1. The highest BCUT2D eigenvalue weighted by atomic mass is 35.5. The topological polar surface area (TPSA) is 35.6 Å². The second-order valence-corrected chi connectivity index (χ2v) is 9.87. The number of amides is 1. The number of fused-ring (bicyclic) bond motifs is 1. The van der Waals surface area contributed by atoms with Crippen LogP contribution in [-0.2, 0) is 11.2 Å². The van der Waals surface area contributed by atoms with Crippen LogP contribution in [0, 0.1) is 0 Å². The lowest BCUT2D eigenvalue weighted by Crippen LogP contribution is -2.46. The van der Waals surface area contributed by atoms with E-state index in [2.05, 4.69) is 69.9 Å². The van der Waals surface area contributed by atoms with Crippen LogP contribution in [0.4, 0.5) is 5.69 Å². The van der Waals surface area contributed by atoms with Gasteiger partial charge in [0.05, 0.1) is 11.7 Å². The van der Waals surface area contributed by atoms with Gasteiger partial charge < -0.3 is 10.2 Å². The maximum atomic E-state index is 12.5. The van der Waals surface area contributed by atoms with Crippen molar-refractivity contribution in [3.8, 4) is 0 Å². The number of unbranched alkanes of at least 4 members (excludes halogenated alkanes) is 2. The molecule has 2 aliphatic rings. The zero-order chi connectivity index (χ0) is 22.2. The fourth-order valence-electron chi connectivity index (χ4n) is 5.07. The van der Waals surface area contributed by atoms with Gasteiger partial charge >= 0.3 is 0 Å². The van der Waals surface area contributed by atoms with Gasteiger partial charge in [0.1, 0.15) is 0 Å². The Morgan fingerprint density at radius 2 is 1.76 bits per heavy atom. The molecule has 0 unspecified atom stereocenters. The third kappa shape index (κ3) is 7.14. The van der Waals surface area contributed by atoms with E-state index in [9.17, 15) is 4.79 Å². The minimum atomic E-state index is 0. The molecule has 1 aliphatic carbocycles. The Morgan fingerprint density at radius 3 is 2.58 bits per heavy atom. The van der Waals surface area contributed by atoms with Crippen molar-refractivity contribution in [3.63, 3.8) is 0 Å². The first kappa shape index (κ1) is 25.9. The molecule has 1 heterocycles. The van der Waals surface area contributed by atoms with Gasteiger partial charge in [0.25, 0.3) is 0 Å². The molecule has 1 atom stereocenters. The van der Waals surface area contributed by atoms with Crippen molar-refractivity contribution in [3.05, 3.63) is 59.7 Å². The lowest BCUT2D eigenvalue weighted by atomic mass is 9.87. The Labute approximate surface area is 209 Å². The second kappa shape index (κ2) is 13.3. The number of nitrogens with zero attached hydrogens (tertiary/aromatic N) is 2. The van der Waals surface area contributed by atoms with E-state index >= 15 is 0 Å². The molecule has 4 nitrogen and oxygen atoms in total. The highest BCUT2D eigenvalue weighted by molar-refractivity contribution is 7.98. The van der Waals surface area contributed by atoms with E-state index in [0.29, 0.717) is 6.42 Å². The summed E-state index contributed by atoms with van der Waals surface area (Å²) in [6, 6.07) is 17.5. The molecule has 0 radical (unpaired) electrons. The number of para-hydroxylation sites is 1. The molecule has 0 saturated carbocycles. The van der Waals surface area contributed by atoms with Crippen molar-refractivity contribution in [1.82, 2.24) is 10.2 Å². The molecule has 6 heteroatoms. The van der Waals surface area contributed by atoms with Crippen LogP contribution < -0.4 is 10.2 Å². The van der Waals surface area contributed by atoms with Gasteiger partial charge in [-0.15, -0.1) is 24.2 Å². The first-order valence-corrected chi connectivity index (χ1v) is 13.4. The number of carbonyl (C=O) groups is 1. The number of carbonyl (C=O) groups excluding carboxylic acids is 1. The van der Waals surface area contributed by atoms with Gasteiger partial charge in [-0.2, -0.15) is 0 Å². The summed E-state index contributed by atoms with van der Waals surface area (Å²) in [7, 11) is 0. The van der Waals surface area contributed by atoms with Crippen molar-refractivity contribution in [2.75, 3.05) is 43.9 Å². The van der Waals surface area contributed by atoms with Crippen molar-refractivity contribution < 1.29 is 4.79 Å². The molecular formula is C27H38ClN3OS. The quantitative estimate of drug-likeness (QED) is 0.363. The number of hydrogen-bond acceptors (Lipinski definition) is 4. The van der Waals surface area contributed by atoms with E-state index in [-0.39, 0.29) is 24.4 Å². The second-order valence-electron chi connectivity index (χ2n) is 9.02. The molecule has 0 bridgehead atoms. The number of nitrogens with one attached hydrogen (secondary N) is 1. The van der Waals surface area contributed by atoms with Crippen LogP contribution in [-0.4, -0.2) is 49.8 Å². The third-order valence-corrected chi connectivity index (χ3v) is 7.67. The summed E-state index contributed by atoms with van der Waals surface area (Å²) < 4.78 is 0. The SMILES string of the molecule is CSc1ccccc1N1CCN(CCCCCC(=O)N[C@@H]2CCCc3ccccc32)CC1.Cl. The predicted octanol–water partition coefficient (Wildman–Crippen LogP) is 5.71. The summed E-state index contributed by atoms with van der Waals surface area (Å²) in [5.41, 5.74) is 4.11. The van der Waals surface area contributed by atoms with Crippen LogP contribution >= 0.6 is 24.2 Å². The number of piperazine rings is 1.